The minimum Gasteiger partial charge on any atom is -0.480 e. The number of carboxylic acid groups (broad SMARTS) is 1. The van der Waals surface area contributed by atoms with E-state index in [4.69, 9.17) is 10.8 Å². The molecule has 0 aliphatic rings. The van der Waals surface area contributed by atoms with Gasteiger partial charge < -0.3 is 10.8 Å². The summed E-state index contributed by atoms with van der Waals surface area (Å²) in [6.45, 7) is 0. The topological polar surface area (TPSA) is 76.2 Å². The quantitative estimate of drug-likeness (QED) is 0.720. The number of thioether (sulfide) groups is 1. The van der Waals surface area contributed by atoms with Crippen molar-refractivity contribution in [1.82, 2.24) is 4.98 Å². The van der Waals surface area contributed by atoms with Gasteiger partial charge in [0, 0.05) is 6.20 Å². The molecule has 21 heavy (non-hydrogen) atoms. The van der Waals surface area contributed by atoms with Crippen LogP contribution in [0.2, 0.25) is 0 Å². The van der Waals surface area contributed by atoms with Crippen molar-refractivity contribution in [1.29, 1.82) is 0 Å². The lowest BCUT2D eigenvalue weighted by molar-refractivity contribution is -0.151. The van der Waals surface area contributed by atoms with Crippen molar-refractivity contribution < 1.29 is 23.1 Å². The molecule has 0 saturated heterocycles. The average molecular weight is 322 g/mol. The Morgan fingerprint density at radius 2 is 2.00 bits per heavy atom. The lowest BCUT2D eigenvalue weighted by Crippen LogP contribution is -2.30. The van der Waals surface area contributed by atoms with Crippen LogP contribution in [0.5, 0.6) is 0 Å². The Kier molecular flexibility index (Phi) is 6.97. The molecule has 1 heterocycles. The highest BCUT2D eigenvalue weighted by molar-refractivity contribution is 7.99. The van der Waals surface area contributed by atoms with Crippen LogP contribution in [0.3, 0.4) is 0 Å². The Balaban J connectivity index is 2.44. The average Bonchev–Trinajstić information content (AvgIpc) is 2.41. The molecular weight excluding hydrogens is 305 g/mol. The van der Waals surface area contributed by atoms with Gasteiger partial charge in [-0.3, -0.25) is 9.78 Å². The molecule has 0 saturated carbocycles. The number of aliphatic carboxylic acids is 1. The highest BCUT2D eigenvalue weighted by Crippen LogP contribution is 2.37. The maximum atomic E-state index is 13.0. The van der Waals surface area contributed by atoms with E-state index in [0.29, 0.717) is 5.75 Å². The first-order chi connectivity index (χ1) is 9.82. The van der Waals surface area contributed by atoms with Crippen molar-refractivity contribution in [2.24, 2.45) is 5.73 Å². The molecule has 4 nitrogen and oxygen atoms in total. The first kappa shape index (κ1) is 17.8. The van der Waals surface area contributed by atoms with Gasteiger partial charge in [0.15, 0.2) is 0 Å². The Morgan fingerprint density at radius 3 is 2.52 bits per heavy atom. The number of pyridine rings is 1. The predicted molar refractivity (Wildman–Crippen MR) is 75.2 cm³/mol. The first-order valence-corrected chi connectivity index (χ1v) is 7.51. The highest BCUT2D eigenvalue weighted by Gasteiger charge is 2.40. The molecular formula is C13H17F3N2O2S. The zero-order valence-electron chi connectivity index (χ0n) is 11.2. The van der Waals surface area contributed by atoms with E-state index < -0.39 is 24.1 Å². The number of hydrogen-bond acceptors (Lipinski definition) is 4. The zero-order valence-corrected chi connectivity index (χ0v) is 12.0. The molecule has 0 amide bonds. The maximum absolute atomic E-state index is 13.0. The van der Waals surface area contributed by atoms with Crippen LogP contribution >= 0.6 is 11.8 Å². The molecule has 0 fully saturated rings. The first-order valence-electron chi connectivity index (χ1n) is 6.36. The van der Waals surface area contributed by atoms with Gasteiger partial charge in [-0.05, 0) is 36.5 Å². The molecule has 118 valence electrons. The van der Waals surface area contributed by atoms with E-state index in [-0.39, 0.29) is 24.3 Å². The summed E-state index contributed by atoms with van der Waals surface area (Å²) >= 11 is 1.27. The Labute approximate surface area is 124 Å². The number of aromatic nitrogens is 1. The van der Waals surface area contributed by atoms with Crippen LogP contribution in [0.25, 0.3) is 0 Å². The molecule has 0 aromatic carbocycles. The van der Waals surface area contributed by atoms with E-state index >= 15 is 0 Å². The summed E-state index contributed by atoms with van der Waals surface area (Å²) in [6, 6.07) is 3.49. The fourth-order valence-electron chi connectivity index (χ4n) is 1.70. The van der Waals surface area contributed by atoms with Crippen molar-refractivity contribution in [3.63, 3.8) is 0 Å². The smallest absolute Gasteiger partial charge is 0.397 e. The fraction of sp³-hybridized carbons (Fsp3) is 0.538. The predicted octanol–water partition coefficient (Wildman–Crippen LogP) is 2.65. The summed E-state index contributed by atoms with van der Waals surface area (Å²) < 4.78 is 39.0. The largest absolute Gasteiger partial charge is 0.480 e. The number of nitrogens with two attached hydrogens (primary N) is 1. The molecule has 0 aliphatic heterocycles. The Bertz CT molecular complexity index is 443. The van der Waals surface area contributed by atoms with Crippen molar-refractivity contribution in [3.05, 3.63) is 30.1 Å². The third-order valence-corrected chi connectivity index (χ3v) is 3.93. The monoisotopic (exact) mass is 322 g/mol. The number of alkyl halides is 3. The van der Waals surface area contributed by atoms with Crippen LogP contribution < -0.4 is 5.73 Å². The molecule has 0 spiro atoms. The van der Waals surface area contributed by atoms with Gasteiger partial charge in [-0.1, -0.05) is 6.07 Å². The second-order valence-corrected chi connectivity index (χ2v) is 5.71. The van der Waals surface area contributed by atoms with E-state index in [0.717, 1.165) is 0 Å². The van der Waals surface area contributed by atoms with Gasteiger partial charge >= 0.3 is 12.1 Å². The molecule has 0 bridgehead atoms. The van der Waals surface area contributed by atoms with Crippen molar-refractivity contribution in [3.8, 4) is 0 Å². The Morgan fingerprint density at radius 1 is 1.33 bits per heavy atom. The molecule has 1 aromatic heterocycles. The van der Waals surface area contributed by atoms with E-state index in [9.17, 15) is 18.0 Å². The van der Waals surface area contributed by atoms with Crippen molar-refractivity contribution in [2.45, 2.75) is 31.0 Å². The maximum Gasteiger partial charge on any atom is 0.397 e. The van der Waals surface area contributed by atoms with Gasteiger partial charge in [0.25, 0.3) is 0 Å². The molecule has 2 unspecified atom stereocenters. The molecule has 0 aliphatic carbocycles. The second kappa shape index (κ2) is 8.23. The number of halogens is 3. The van der Waals surface area contributed by atoms with Crippen LogP contribution in [0.1, 0.15) is 24.5 Å². The summed E-state index contributed by atoms with van der Waals surface area (Å²) in [5.74, 6) is -2.01. The molecule has 1 rings (SSSR count). The summed E-state index contributed by atoms with van der Waals surface area (Å²) in [5.41, 5.74) is 5.32. The number of carbonyl (C=O) groups is 1. The van der Waals surface area contributed by atoms with Gasteiger partial charge in [0.2, 0.25) is 0 Å². The molecule has 1 aromatic rings. The SMILES string of the molecule is NC(CCSCCC(c1ccccn1)C(F)(F)F)C(=O)O. The number of nitrogens with zero attached hydrogens (tertiary/aromatic N) is 1. The van der Waals surface area contributed by atoms with Crippen LogP contribution in [-0.2, 0) is 4.79 Å². The van der Waals surface area contributed by atoms with E-state index in [1.54, 1.807) is 6.07 Å². The van der Waals surface area contributed by atoms with Gasteiger partial charge in [0.1, 0.15) is 6.04 Å². The van der Waals surface area contributed by atoms with Gasteiger partial charge in [-0.15, -0.1) is 0 Å². The van der Waals surface area contributed by atoms with E-state index in [1.807, 2.05) is 0 Å². The van der Waals surface area contributed by atoms with E-state index in [2.05, 4.69) is 4.98 Å². The third-order valence-electron chi connectivity index (χ3n) is 2.88. The fourth-order valence-corrected chi connectivity index (χ4v) is 2.73. The number of hydrogen-bond donors (Lipinski definition) is 2. The summed E-state index contributed by atoms with van der Waals surface area (Å²) in [6.07, 6.45) is -2.85. The lowest BCUT2D eigenvalue weighted by Gasteiger charge is -2.19. The highest BCUT2D eigenvalue weighted by atomic mass is 32.2. The molecule has 3 N–H and O–H groups in total. The summed E-state index contributed by atoms with van der Waals surface area (Å²) in [5, 5.41) is 8.59. The standard InChI is InChI=1S/C13H17F3N2O2S/c14-13(15,16)9(11-3-1-2-6-18-11)4-7-21-8-5-10(17)12(19)20/h1-3,6,9-10H,4-5,7-8,17H2,(H,19,20). The van der Waals surface area contributed by atoms with E-state index in [1.165, 1.54) is 30.1 Å². The second-order valence-electron chi connectivity index (χ2n) is 4.48. The van der Waals surface area contributed by atoms with Gasteiger partial charge in [0.05, 0.1) is 11.6 Å². The third kappa shape index (κ3) is 6.34. The van der Waals surface area contributed by atoms with Gasteiger partial charge in [-0.25, -0.2) is 0 Å². The Hall–Kier alpha value is -1.28. The lowest BCUT2D eigenvalue weighted by atomic mass is 10.0. The molecule has 8 heteroatoms. The zero-order chi connectivity index (χ0) is 15.9. The minimum atomic E-state index is -4.34. The van der Waals surface area contributed by atoms with Crippen LogP contribution in [0, 0.1) is 0 Å². The minimum absolute atomic E-state index is 0.00726. The molecule has 0 radical (unpaired) electrons. The van der Waals surface area contributed by atoms with Crippen molar-refractivity contribution >= 4 is 17.7 Å². The number of carboxylic acids is 1. The van der Waals surface area contributed by atoms with Gasteiger partial charge in [-0.2, -0.15) is 24.9 Å². The normalized spacial score (nSPS) is 14.7. The molecule has 2 atom stereocenters. The van der Waals surface area contributed by atoms with Crippen molar-refractivity contribution in [2.75, 3.05) is 11.5 Å². The summed E-state index contributed by atoms with van der Waals surface area (Å²) in [7, 11) is 0. The van der Waals surface area contributed by atoms with Crippen LogP contribution in [-0.4, -0.2) is 39.8 Å². The van der Waals surface area contributed by atoms with Crippen LogP contribution in [0.4, 0.5) is 13.2 Å². The van der Waals surface area contributed by atoms with Crippen LogP contribution in [0.15, 0.2) is 24.4 Å². The number of rotatable bonds is 8. The summed E-state index contributed by atoms with van der Waals surface area (Å²) in [4.78, 5) is 14.3.